The van der Waals surface area contributed by atoms with Crippen LogP contribution < -0.4 is 10.6 Å². The van der Waals surface area contributed by atoms with Crippen LogP contribution in [0, 0.1) is 12.7 Å². The van der Waals surface area contributed by atoms with Gasteiger partial charge in [-0.2, -0.15) is 0 Å². The Balaban J connectivity index is 0.00000312. The Morgan fingerprint density at radius 2 is 1.96 bits per heavy atom. The third-order valence-corrected chi connectivity index (χ3v) is 3.70. The van der Waals surface area contributed by atoms with Crippen LogP contribution in [0.5, 0.6) is 0 Å². The fraction of sp³-hybridized carbons (Fsp3) is 0.333. The second-order valence-electron chi connectivity index (χ2n) is 5.44. The van der Waals surface area contributed by atoms with Crippen molar-refractivity contribution >= 4 is 41.5 Å². The molecule has 0 saturated heterocycles. The van der Waals surface area contributed by atoms with Crippen molar-refractivity contribution in [3.63, 3.8) is 0 Å². The van der Waals surface area contributed by atoms with Crippen molar-refractivity contribution in [3.8, 4) is 0 Å². The number of hydrogen-bond acceptors (Lipinski definition) is 2. The molecular weight excluding hydrogens is 454 g/mol. The second kappa shape index (κ2) is 11.3. The molecule has 136 valence electrons. The van der Waals surface area contributed by atoms with Crippen LogP contribution in [0.2, 0.25) is 5.15 Å². The Hall–Kier alpha value is -1.41. The van der Waals surface area contributed by atoms with Gasteiger partial charge in [-0.05, 0) is 49.1 Å². The first kappa shape index (κ1) is 21.6. The van der Waals surface area contributed by atoms with E-state index >= 15 is 0 Å². The van der Waals surface area contributed by atoms with Crippen molar-refractivity contribution in [1.29, 1.82) is 0 Å². The topological polar surface area (TPSA) is 49.3 Å². The molecule has 25 heavy (non-hydrogen) atoms. The highest BCUT2D eigenvalue weighted by Crippen LogP contribution is 2.10. The normalized spacial score (nSPS) is 11.0. The van der Waals surface area contributed by atoms with Gasteiger partial charge in [0.15, 0.2) is 5.96 Å². The molecule has 2 N–H and O–H groups in total. The number of aryl methyl sites for hydroxylation is 1. The maximum absolute atomic E-state index is 13.3. The number of halogens is 3. The van der Waals surface area contributed by atoms with Gasteiger partial charge in [0.25, 0.3) is 0 Å². The van der Waals surface area contributed by atoms with E-state index in [9.17, 15) is 4.39 Å². The lowest BCUT2D eigenvalue weighted by atomic mass is 10.1. The van der Waals surface area contributed by atoms with E-state index in [1.165, 1.54) is 6.07 Å². The third kappa shape index (κ3) is 7.56. The smallest absolute Gasteiger partial charge is 0.191 e. The average molecular weight is 477 g/mol. The zero-order valence-electron chi connectivity index (χ0n) is 14.4. The van der Waals surface area contributed by atoms with Gasteiger partial charge < -0.3 is 10.6 Å². The maximum Gasteiger partial charge on any atom is 0.191 e. The molecular formula is C18H23ClFIN4. The van der Waals surface area contributed by atoms with Crippen LogP contribution >= 0.6 is 35.6 Å². The van der Waals surface area contributed by atoms with Gasteiger partial charge in [0.1, 0.15) is 11.0 Å². The Kier molecular flexibility index (Phi) is 9.74. The molecule has 0 spiro atoms. The summed E-state index contributed by atoms with van der Waals surface area (Å²) in [5.41, 5.74) is 2.72. The van der Waals surface area contributed by atoms with Gasteiger partial charge in [-0.1, -0.05) is 29.8 Å². The molecule has 0 aliphatic carbocycles. The van der Waals surface area contributed by atoms with Gasteiger partial charge in [-0.25, -0.2) is 14.4 Å². The fourth-order valence-corrected chi connectivity index (χ4v) is 2.31. The van der Waals surface area contributed by atoms with E-state index in [0.717, 1.165) is 36.6 Å². The van der Waals surface area contributed by atoms with Crippen molar-refractivity contribution in [2.45, 2.75) is 26.8 Å². The van der Waals surface area contributed by atoms with E-state index < -0.39 is 0 Å². The molecule has 0 amide bonds. The number of guanidine groups is 1. The van der Waals surface area contributed by atoms with Gasteiger partial charge in [-0.15, -0.1) is 24.0 Å². The predicted molar refractivity (Wildman–Crippen MR) is 112 cm³/mol. The highest BCUT2D eigenvalue weighted by Gasteiger charge is 2.01. The number of pyridine rings is 1. The largest absolute Gasteiger partial charge is 0.357 e. The summed E-state index contributed by atoms with van der Waals surface area (Å²) >= 11 is 5.78. The number of hydrogen-bond donors (Lipinski definition) is 2. The first-order chi connectivity index (χ1) is 11.6. The van der Waals surface area contributed by atoms with E-state index in [1.54, 1.807) is 25.3 Å². The number of aliphatic imine (C=N–C) groups is 1. The van der Waals surface area contributed by atoms with Crippen LogP contribution in [0.25, 0.3) is 0 Å². The zero-order chi connectivity index (χ0) is 17.4. The lowest BCUT2D eigenvalue weighted by Crippen LogP contribution is -2.38. The Morgan fingerprint density at radius 3 is 2.60 bits per heavy atom. The van der Waals surface area contributed by atoms with Crippen LogP contribution in [0.3, 0.4) is 0 Å². The molecule has 0 atom stereocenters. The van der Waals surface area contributed by atoms with Crippen molar-refractivity contribution in [2.24, 2.45) is 4.99 Å². The van der Waals surface area contributed by atoms with Crippen molar-refractivity contribution < 1.29 is 4.39 Å². The van der Waals surface area contributed by atoms with E-state index in [-0.39, 0.29) is 29.8 Å². The van der Waals surface area contributed by atoms with Crippen LogP contribution in [-0.4, -0.2) is 24.0 Å². The molecule has 0 fully saturated rings. The molecule has 1 heterocycles. The number of nitrogens with zero attached hydrogens (tertiary/aromatic N) is 2. The first-order valence-corrected chi connectivity index (χ1v) is 8.34. The summed E-state index contributed by atoms with van der Waals surface area (Å²) in [6.45, 7) is 5.78. The minimum absolute atomic E-state index is 0. The molecule has 2 rings (SSSR count). The standard InChI is InChI=1S/C18H22ClFN4.HI/c1-3-21-18(22-9-8-14-5-7-17(19)23-11-14)24-12-15-4-6-16(20)13(2)10-15;/h4-7,10-11H,3,8-9,12H2,1-2H3,(H2,21,22,24);1H. The van der Waals surface area contributed by atoms with Gasteiger partial charge in [-0.3, -0.25) is 0 Å². The molecule has 0 radical (unpaired) electrons. The molecule has 0 aliphatic rings. The number of rotatable bonds is 6. The average Bonchev–Trinajstić information content (AvgIpc) is 2.57. The molecule has 0 aliphatic heterocycles. The van der Waals surface area contributed by atoms with Crippen LogP contribution in [0.4, 0.5) is 4.39 Å². The maximum atomic E-state index is 13.3. The van der Waals surface area contributed by atoms with Gasteiger partial charge in [0.05, 0.1) is 6.54 Å². The molecule has 0 unspecified atom stereocenters. The summed E-state index contributed by atoms with van der Waals surface area (Å²) in [5, 5.41) is 6.98. The first-order valence-electron chi connectivity index (χ1n) is 7.96. The lowest BCUT2D eigenvalue weighted by molar-refractivity contribution is 0.617. The minimum atomic E-state index is -0.190. The van der Waals surface area contributed by atoms with E-state index in [2.05, 4.69) is 20.6 Å². The van der Waals surface area contributed by atoms with E-state index in [1.807, 2.05) is 19.1 Å². The van der Waals surface area contributed by atoms with Crippen molar-refractivity contribution in [2.75, 3.05) is 13.1 Å². The number of benzene rings is 1. The molecule has 1 aromatic carbocycles. The van der Waals surface area contributed by atoms with Crippen LogP contribution in [0.15, 0.2) is 41.5 Å². The highest BCUT2D eigenvalue weighted by atomic mass is 127. The van der Waals surface area contributed by atoms with Crippen molar-refractivity contribution in [1.82, 2.24) is 15.6 Å². The summed E-state index contributed by atoms with van der Waals surface area (Å²) in [6.07, 6.45) is 2.60. The summed E-state index contributed by atoms with van der Waals surface area (Å²) in [4.78, 5) is 8.60. The van der Waals surface area contributed by atoms with E-state index in [0.29, 0.717) is 17.3 Å². The Morgan fingerprint density at radius 1 is 1.20 bits per heavy atom. The van der Waals surface area contributed by atoms with E-state index in [4.69, 9.17) is 11.6 Å². The second-order valence-corrected chi connectivity index (χ2v) is 5.83. The summed E-state index contributed by atoms with van der Waals surface area (Å²) in [7, 11) is 0. The molecule has 1 aromatic heterocycles. The molecule has 7 heteroatoms. The van der Waals surface area contributed by atoms with Gasteiger partial charge >= 0.3 is 0 Å². The third-order valence-electron chi connectivity index (χ3n) is 3.48. The summed E-state index contributed by atoms with van der Waals surface area (Å²) in [6, 6.07) is 8.81. The quantitative estimate of drug-likeness (QED) is 0.286. The van der Waals surface area contributed by atoms with Gasteiger partial charge in [0.2, 0.25) is 0 Å². The molecule has 0 saturated carbocycles. The summed E-state index contributed by atoms with van der Waals surface area (Å²) < 4.78 is 13.3. The molecule has 4 nitrogen and oxygen atoms in total. The molecule has 2 aromatic rings. The Labute approximate surface area is 170 Å². The lowest BCUT2D eigenvalue weighted by Gasteiger charge is -2.11. The SMILES string of the molecule is CCNC(=NCc1ccc(F)c(C)c1)NCCc1ccc(Cl)nc1.I. The predicted octanol–water partition coefficient (Wildman–Crippen LogP) is 4.10. The van der Waals surface area contributed by atoms with Crippen molar-refractivity contribution in [3.05, 3.63) is 64.2 Å². The zero-order valence-corrected chi connectivity index (χ0v) is 17.4. The van der Waals surface area contributed by atoms with Crippen LogP contribution in [0.1, 0.15) is 23.6 Å². The monoisotopic (exact) mass is 476 g/mol. The number of nitrogens with one attached hydrogen (secondary N) is 2. The van der Waals surface area contributed by atoms with Gasteiger partial charge in [0, 0.05) is 19.3 Å². The summed E-state index contributed by atoms with van der Waals surface area (Å²) in [5.74, 6) is 0.547. The fourth-order valence-electron chi connectivity index (χ4n) is 2.20. The number of aromatic nitrogens is 1. The molecule has 0 bridgehead atoms. The highest BCUT2D eigenvalue weighted by molar-refractivity contribution is 14.0. The van der Waals surface area contributed by atoms with Crippen LogP contribution in [-0.2, 0) is 13.0 Å². The minimum Gasteiger partial charge on any atom is -0.357 e. The Bertz CT molecular complexity index is 692.